The summed E-state index contributed by atoms with van der Waals surface area (Å²) < 4.78 is 1.90. The topological polar surface area (TPSA) is 59.8 Å². The SMILES string of the molecule is CCCC(=O)Nc1nn(CC(C)C)c2nc3ccc(C)cc3cc12. The molecule has 5 heteroatoms. The third kappa shape index (κ3) is 3.25. The van der Waals surface area contributed by atoms with Crippen LogP contribution in [0.25, 0.3) is 21.9 Å². The number of amides is 1. The minimum absolute atomic E-state index is 0.00191. The molecule has 24 heavy (non-hydrogen) atoms. The predicted molar refractivity (Wildman–Crippen MR) is 98.1 cm³/mol. The van der Waals surface area contributed by atoms with Crippen molar-refractivity contribution in [1.82, 2.24) is 14.8 Å². The highest BCUT2D eigenvalue weighted by atomic mass is 16.1. The van der Waals surface area contributed by atoms with Gasteiger partial charge in [0.2, 0.25) is 5.91 Å². The lowest BCUT2D eigenvalue weighted by Crippen LogP contribution is -2.12. The zero-order chi connectivity index (χ0) is 17.3. The number of pyridine rings is 1. The van der Waals surface area contributed by atoms with E-state index in [9.17, 15) is 4.79 Å². The number of anilines is 1. The first-order valence-electron chi connectivity index (χ1n) is 8.55. The van der Waals surface area contributed by atoms with Crippen molar-refractivity contribution in [3.05, 3.63) is 29.8 Å². The Hall–Kier alpha value is -2.43. The van der Waals surface area contributed by atoms with E-state index in [1.165, 1.54) is 5.56 Å². The summed E-state index contributed by atoms with van der Waals surface area (Å²) in [6.07, 6.45) is 1.31. The van der Waals surface area contributed by atoms with Crippen LogP contribution in [-0.4, -0.2) is 20.7 Å². The van der Waals surface area contributed by atoms with Crippen molar-refractivity contribution in [1.29, 1.82) is 0 Å². The summed E-state index contributed by atoms with van der Waals surface area (Å²) in [6.45, 7) is 9.12. The number of aryl methyl sites for hydroxylation is 1. The molecular formula is C19H24N4O. The summed E-state index contributed by atoms with van der Waals surface area (Å²) in [6, 6.07) is 8.29. The van der Waals surface area contributed by atoms with E-state index in [0.29, 0.717) is 18.2 Å². The lowest BCUT2D eigenvalue weighted by atomic mass is 10.1. The monoisotopic (exact) mass is 324 g/mol. The average Bonchev–Trinajstić information content (AvgIpc) is 2.81. The van der Waals surface area contributed by atoms with Gasteiger partial charge in [0.25, 0.3) is 0 Å². The van der Waals surface area contributed by atoms with Gasteiger partial charge >= 0.3 is 0 Å². The second-order valence-corrected chi connectivity index (χ2v) is 6.78. The van der Waals surface area contributed by atoms with Gasteiger partial charge in [-0.05, 0) is 37.5 Å². The number of aromatic nitrogens is 3. The maximum Gasteiger partial charge on any atom is 0.225 e. The first-order valence-corrected chi connectivity index (χ1v) is 8.55. The molecule has 0 atom stereocenters. The molecule has 126 valence electrons. The van der Waals surface area contributed by atoms with Gasteiger partial charge in [-0.15, -0.1) is 0 Å². The second kappa shape index (κ2) is 6.59. The molecule has 0 unspecified atom stereocenters. The summed E-state index contributed by atoms with van der Waals surface area (Å²) in [5.74, 6) is 1.06. The van der Waals surface area contributed by atoms with Gasteiger partial charge in [-0.25, -0.2) is 9.67 Å². The Labute approximate surface area is 142 Å². The third-order valence-electron chi connectivity index (χ3n) is 3.94. The minimum Gasteiger partial charge on any atom is -0.309 e. The Morgan fingerprint density at radius 1 is 1.29 bits per heavy atom. The van der Waals surface area contributed by atoms with Gasteiger partial charge in [0, 0.05) is 18.4 Å². The number of benzene rings is 1. The van der Waals surface area contributed by atoms with Crippen LogP contribution >= 0.6 is 0 Å². The van der Waals surface area contributed by atoms with Crippen LogP contribution in [-0.2, 0) is 11.3 Å². The normalized spacial score (nSPS) is 11.5. The van der Waals surface area contributed by atoms with Crippen molar-refractivity contribution in [2.75, 3.05) is 5.32 Å². The van der Waals surface area contributed by atoms with Crippen molar-refractivity contribution < 1.29 is 4.79 Å². The third-order valence-corrected chi connectivity index (χ3v) is 3.94. The molecule has 0 saturated carbocycles. The molecule has 3 aromatic rings. The first-order chi connectivity index (χ1) is 11.5. The molecule has 0 radical (unpaired) electrons. The van der Waals surface area contributed by atoms with E-state index < -0.39 is 0 Å². The Morgan fingerprint density at radius 3 is 2.79 bits per heavy atom. The first kappa shape index (κ1) is 16.4. The largest absolute Gasteiger partial charge is 0.309 e. The lowest BCUT2D eigenvalue weighted by Gasteiger charge is -2.06. The van der Waals surface area contributed by atoms with Crippen LogP contribution < -0.4 is 5.32 Å². The number of hydrogen-bond acceptors (Lipinski definition) is 3. The fourth-order valence-corrected chi connectivity index (χ4v) is 2.87. The molecular weight excluding hydrogens is 300 g/mol. The van der Waals surface area contributed by atoms with Crippen molar-refractivity contribution in [2.45, 2.75) is 47.1 Å². The molecule has 0 fully saturated rings. The molecule has 0 saturated heterocycles. The summed E-state index contributed by atoms with van der Waals surface area (Å²) in [7, 11) is 0. The molecule has 1 aromatic carbocycles. The van der Waals surface area contributed by atoms with Gasteiger partial charge in [-0.3, -0.25) is 4.79 Å². The van der Waals surface area contributed by atoms with Crippen molar-refractivity contribution >= 4 is 33.7 Å². The summed E-state index contributed by atoms with van der Waals surface area (Å²) in [5, 5.41) is 9.54. The quantitative estimate of drug-likeness (QED) is 0.761. The second-order valence-electron chi connectivity index (χ2n) is 6.78. The zero-order valence-electron chi connectivity index (χ0n) is 14.8. The standard InChI is InChI=1S/C19H24N4O/c1-5-6-17(24)21-18-15-10-14-9-13(4)7-8-16(14)20-19(15)23(22-18)11-12(2)3/h7-10,12H,5-6,11H2,1-4H3,(H,21,22,24). The van der Waals surface area contributed by atoms with E-state index in [4.69, 9.17) is 4.98 Å². The molecule has 3 rings (SSSR count). The lowest BCUT2D eigenvalue weighted by molar-refractivity contribution is -0.116. The molecule has 5 nitrogen and oxygen atoms in total. The van der Waals surface area contributed by atoms with Gasteiger partial charge in [-0.1, -0.05) is 32.4 Å². The Bertz CT molecular complexity index is 895. The highest BCUT2D eigenvalue weighted by Crippen LogP contribution is 2.27. The molecule has 1 amide bonds. The summed E-state index contributed by atoms with van der Waals surface area (Å²) in [4.78, 5) is 16.8. The van der Waals surface area contributed by atoms with Crippen LogP contribution in [0.15, 0.2) is 24.3 Å². The van der Waals surface area contributed by atoms with E-state index in [2.05, 4.69) is 49.4 Å². The van der Waals surface area contributed by atoms with E-state index in [1.807, 2.05) is 17.7 Å². The molecule has 0 aliphatic rings. The smallest absolute Gasteiger partial charge is 0.225 e. The van der Waals surface area contributed by atoms with Crippen molar-refractivity contribution in [3.8, 4) is 0 Å². The maximum absolute atomic E-state index is 12.0. The Balaban J connectivity index is 2.16. The van der Waals surface area contributed by atoms with Gasteiger partial charge < -0.3 is 5.32 Å². The van der Waals surface area contributed by atoms with Gasteiger partial charge in [-0.2, -0.15) is 5.10 Å². The molecule has 0 aliphatic carbocycles. The number of nitrogens with one attached hydrogen (secondary N) is 1. The molecule has 1 N–H and O–H groups in total. The fourth-order valence-electron chi connectivity index (χ4n) is 2.87. The molecule has 0 bridgehead atoms. The number of fused-ring (bicyclic) bond motifs is 2. The number of carbonyl (C=O) groups excluding carboxylic acids is 1. The maximum atomic E-state index is 12.0. The highest BCUT2D eigenvalue weighted by Gasteiger charge is 2.16. The number of nitrogens with zero attached hydrogens (tertiary/aromatic N) is 3. The number of rotatable bonds is 5. The van der Waals surface area contributed by atoms with Gasteiger partial charge in [0.1, 0.15) is 0 Å². The molecule has 0 spiro atoms. The van der Waals surface area contributed by atoms with Crippen LogP contribution in [0.1, 0.15) is 39.2 Å². The van der Waals surface area contributed by atoms with E-state index in [0.717, 1.165) is 34.9 Å². The van der Waals surface area contributed by atoms with Gasteiger partial charge in [0.15, 0.2) is 11.5 Å². The highest BCUT2D eigenvalue weighted by molar-refractivity contribution is 6.02. The van der Waals surface area contributed by atoms with Crippen molar-refractivity contribution in [3.63, 3.8) is 0 Å². The van der Waals surface area contributed by atoms with Crippen LogP contribution in [0, 0.1) is 12.8 Å². The Kier molecular flexibility index (Phi) is 4.51. The van der Waals surface area contributed by atoms with Crippen LogP contribution in [0.3, 0.4) is 0 Å². The summed E-state index contributed by atoms with van der Waals surface area (Å²) in [5.41, 5.74) is 2.96. The molecule has 0 aliphatic heterocycles. The predicted octanol–water partition coefficient (Wildman–Crippen LogP) is 4.29. The zero-order valence-corrected chi connectivity index (χ0v) is 14.8. The average molecular weight is 324 g/mol. The summed E-state index contributed by atoms with van der Waals surface area (Å²) >= 11 is 0. The van der Waals surface area contributed by atoms with E-state index >= 15 is 0 Å². The minimum atomic E-state index is -0.00191. The van der Waals surface area contributed by atoms with Gasteiger partial charge in [0.05, 0.1) is 10.9 Å². The Morgan fingerprint density at radius 2 is 2.08 bits per heavy atom. The van der Waals surface area contributed by atoms with Crippen LogP contribution in [0.2, 0.25) is 0 Å². The molecule has 2 aromatic heterocycles. The van der Waals surface area contributed by atoms with E-state index in [-0.39, 0.29) is 5.91 Å². The van der Waals surface area contributed by atoms with Crippen LogP contribution in [0.4, 0.5) is 5.82 Å². The fraction of sp³-hybridized carbons (Fsp3) is 0.421. The number of carbonyl (C=O) groups is 1. The number of hydrogen-bond donors (Lipinski definition) is 1. The van der Waals surface area contributed by atoms with Crippen LogP contribution in [0.5, 0.6) is 0 Å². The van der Waals surface area contributed by atoms with Crippen molar-refractivity contribution in [2.24, 2.45) is 5.92 Å². The molecule has 2 heterocycles. The van der Waals surface area contributed by atoms with E-state index in [1.54, 1.807) is 0 Å².